The average molecular weight is 381 g/mol. The van der Waals surface area contributed by atoms with Crippen molar-refractivity contribution in [2.75, 3.05) is 46.4 Å². The van der Waals surface area contributed by atoms with Crippen LogP contribution in [0.5, 0.6) is 0 Å². The number of sulfonamides is 1. The maximum Gasteiger partial charge on any atom is 0.253 e. The maximum atomic E-state index is 12.7. The normalized spacial score (nSPS) is 19.8. The SMILES string of the molecule is COCCNS(=O)(=O)c1ccc(C(=O)N2CCC3(CCNC3)CC2)cc1. The third kappa shape index (κ3) is 4.25. The molecule has 2 saturated heterocycles. The number of carbonyl (C=O) groups is 1. The quantitative estimate of drug-likeness (QED) is 0.713. The number of hydrogen-bond acceptors (Lipinski definition) is 5. The zero-order valence-electron chi connectivity index (χ0n) is 15.2. The second-order valence-electron chi connectivity index (χ2n) is 7.13. The largest absolute Gasteiger partial charge is 0.383 e. The van der Waals surface area contributed by atoms with E-state index in [0.29, 0.717) is 17.6 Å². The number of ether oxygens (including phenoxy) is 1. The molecule has 1 amide bonds. The maximum absolute atomic E-state index is 12.7. The topological polar surface area (TPSA) is 87.7 Å². The molecule has 26 heavy (non-hydrogen) atoms. The van der Waals surface area contributed by atoms with E-state index in [1.165, 1.54) is 25.7 Å². The Balaban J connectivity index is 1.60. The van der Waals surface area contributed by atoms with Gasteiger partial charge in [0.25, 0.3) is 5.91 Å². The van der Waals surface area contributed by atoms with Gasteiger partial charge in [-0.15, -0.1) is 0 Å². The number of nitrogens with zero attached hydrogens (tertiary/aromatic N) is 1. The van der Waals surface area contributed by atoms with Crippen molar-refractivity contribution in [1.29, 1.82) is 0 Å². The van der Waals surface area contributed by atoms with E-state index in [0.717, 1.165) is 39.0 Å². The Hall–Kier alpha value is -1.48. The van der Waals surface area contributed by atoms with Crippen molar-refractivity contribution in [3.63, 3.8) is 0 Å². The number of hydrogen-bond donors (Lipinski definition) is 2. The van der Waals surface area contributed by atoms with Gasteiger partial charge in [-0.2, -0.15) is 0 Å². The van der Waals surface area contributed by atoms with Crippen molar-refractivity contribution in [2.45, 2.75) is 24.2 Å². The van der Waals surface area contributed by atoms with Crippen molar-refractivity contribution in [2.24, 2.45) is 5.41 Å². The molecule has 144 valence electrons. The van der Waals surface area contributed by atoms with Crippen LogP contribution in [0.25, 0.3) is 0 Å². The summed E-state index contributed by atoms with van der Waals surface area (Å²) in [5.74, 6) is -0.0258. The van der Waals surface area contributed by atoms with Crippen molar-refractivity contribution in [3.05, 3.63) is 29.8 Å². The molecule has 0 aromatic heterocycles. The molecule has 2 heterocycles. The van der Waals surface area contributed by atoms with Crippen LogP contribution >= 0.6 is 0 Å². The first-order chi connectivity index (χ1) is 12.5. The predicted octanol–water partition coefficient (Wildman–Crippen LogP) is 0.827. The first-order valence-corrected chi connectivity index (χ1v) is 10.5. The highest BCUT2D eigenvalue weighted by molar-refractivity contribution is 7.89. The van der Waals surface area contributed by atoms with Crippen LogP contribution in [0.3, 0.4) is 0 Å². The van der Waals surface area contributed by atoms with Gasteiger partial charge in [0.1, 0.15) is 0 Å². The average Bonchev–Trinajstić information content (AvgIpc) is 3.10. The van der Waals surface area contributed by atoms with Gasteiger partial charge in [0, 0.05) is 38.9 Å². The molecule has 2 aliphatic heterocycles. The third-order valence-corrected chi connectivity index (χ3v) is 6.93. The van der Waals surface area contributed by atoms with E-state index in [1.54, 1.807) is 12.1 Å². The van der Waals surface area contributed by atoms with Crippen LogP contribution in [0.2, 0.25) is 0 Å². The summed E-state index contributed by atoms with van der Waals surface area (Å²) >= 11 is 0. The highest BCUT2D eigenvalue weighted by Gasteiger charge is 2.38. The Morgan fingerprint density at radius 1 is 1.23 bits per heavy atom. The van der Waals surface area contributed by atoms with Crippen molar-refractivity contribution >= 4 is 15.9 Å². The molecule has 0 saturated carbocycles. The molecular weight excluding hydrogens is 354 g/mol. The predicted molar refractivity (Wildman–Crippen MR) is 98.6 cm³/mol. The van der Waals surface area contributed by atoms with E-state index in [4.69, 9.17) is 4.74 Å². The van der Waals surface area contributed by atoms with Gasteiger partial charge in [0.05, 0.1) is 11.5 Å². The highest BCUT2D eigenvalue weighted by Crippen LogP contribution is 2.37. The second kappa shape index (κ2) is 8.04. The summed E-state index contributed by atoms with van der Waals surface area (Å²) in [7, 11) is -2.06. The molecule has 0 unspecified atom stereocenters. The lowest BCUT2D eigenvalue weighted by Gasteiger charge is -2.38. The fraction of sp³-hybridized carbons (Fsp3) is 0.611. The molecule has 0 aliphatic carbocycles. The summed E-state index contributed by atoms with van der Waals surface area (Å²) in [6, 6.07) is 6.15. The van der Waals surface area contributed by atoms with Crippen LogP contribution in [-0.2, 0) is 14.8 Å². The van der Waals surface area contributed by atoms with Crippen molar-refractivity contribution < 1.29 is 17.9 Å². The van der Waals surface area contributed by atoms with Gasteiger partial charge in [-0.25, -0.2) is 13.1 Å². The van der Waals surface area contributed by atoms with Crippen molar-refractivity contribution in [3.8, 4) is 0 Å². The molecule has 0 atom stereocenters. The number of benzene rings is 1. The fourth-order valence-corrected chi connectivity index (χ4v) is 4.74. The first-order valence-electron chi connectivity index (χ1n) is 9.04. The van der Waals surface area contributed by atoms with Gasteiger partial charge in [-0.05, 0) is 55.5 Å². The zero-order valence-corrected chi connectivity index (χ0v) is 16.0. The number of likely N-dealkylation sites (tertiary alicyclic amines) is 1. The number of piperidine rings is 1. The standard InChI is InChI=1S/C18H27N3O4S/c1-25-13-10-20-26(23,24)16-4-2-15(3-5-16)17(22)21-11-7-18(8-12-21)6-9-19-14-18/h2-5,19-20H,6-14H2,1H3. The Morgan fingerprint density at radius 3 is 2.50 bits per heavy atom. The van der Waals surface area contributed by atoms with Crippen LogP contribution in [0, 0.1) is 5.41 Å². The van der Waals surface area contributed by atoms with E-state index in [2.05, 4.69) is 10.0 Å². The first kappa shape index (κ1) is 19.3. The van der Waals surface area contributed by atoms with Gasteiger partial charge in [-0.1, -0.05) is 0 Å². The third-order valence-electron chi connectivity index (χ3n) is 5.45. The van der Waals surface area contributed by atoms with E-state index in [1.807, 2.05) is 4.90 Å². The summed E-state index contributed by atoms with van der Waals surface area (Å²) in [6.07, 6.45) is 3.25. The molecule has 2 N–H and O–H groups in total. The minimum absolute atomic E-state index is 0.0258. The van der Waals surface area contributed by atoms with Crippen LogP contribution in [0.4, 0.5) is 0 Å². The lowest BCUT2D eigenvalue weighted by atomic mass is 9.78. The van der Waals surface area contributed by atoms with E-state index >= 15 is 0 Å². The molecule has 2 aliphatic rings. The number of methoxy groups -OCH3 is 1. The van der Waals surface area contributed by atoms with Crippen LogP contribution in [0.15, 0.2) is 29.2 Å². The molecule has 8 heteroatoms. The van der Waals surface area contributed by atoms with Crippen LogP contribution < -0.4 is 10.0 Å². The summed E-state index contributed by atoms with van der Waals surface area (Å²) in [6.45, 7) is 4.17. The Kier molecular flexibility index (Phi) is 5.96. The van der Waals surface area contributed by atoms with Gasteiger partial charge >= 0.3 is 0 Å². The summed E-state index contributed by atoms with van der Waals surface area (Å²) in [5.41, 5.74) is 0.893. The van der Waals surface area contributed by atoms with Gasteiger partial charge < -0.3 is 15.0 Å². The summed E-state index contributed by atoms with van der Waals surface area (Å²) < 4.78 is 31.6. The molecule has 0 bridgehead atoms. The van der Waals surface area contributed by atoms with Crippen LogP contribution in [0.1, 0.15) is 29.6 Å². The highest BCUT2D eigenvalue weighted by atomic mass is 32.2. The summed E-state index contributed by atoms with van der Waals surface area (Å²) in [5, 5.41) is 3.42. The minimum atomic E-state index is -3.58. The minimum Gasteiger partial charge on any atom is -0.383 e. The number of rotatable bonds is 6. The number of nitrogens with one attached hydrogen (secondary N) is 2. The molecule has 1 spiro atoms. The van der Waals surface area contributed by atoms with E-state index < -0.39 is 10.0 Å². The zero-order chi connectivity index (χ0) is 18.6. The molecule has 1 aromatic carbocycles. The molecular formula is C18H27N3O4S. The number of amides is 1. The van der Waals surface area contributed by atoms with Gasteiger partial charge in [0.2, 0.25) is 10.0 Å². The molecule has 3 rings (SSSR count). The molecule has 1 aromatic rings. The molecule has 2 fully saturated rings. The van der Waals surface area contributed by atoms with Crippen molar-refractivity contribution in [1.82, 2.24) is 14.9 Å². The number of carbonyl (C=O) groups excluding carboxylic acids is 1. The monoisotopic (exact) mass is 381 g/mol. The second-order valence-corrected chi connectivity index (χ2v) is 8.90. The van der Waals surface area contributed by atoms with E-state index in [-0.39, 0.29) is 17.3 Å². The van der Waals surface area contributed by atoms with E-state index in [9.17, 15) is 13.2 Å². The summed E-state index contributed by atoms with van der Waals surface area (Å²) in [4.78, 5) is 14.7. The Bertz CT molecular complexity index is 717. The van der Waals surface area contributed by atoms with Gasteiger partial charge in [-0.3, -0.25) is 4.79 Å². The van der Waals surface area contributed by atoms with Crippen LogP contribution in [-0.4, -0.2) is 65.7 Å². The molecule has 0 radical (unpaired) electrons. The lowest BCUT2D eigenvalue weighted by Crippen LogP contribution is -2.44. The lowest BCUT2D eigenvalue weighted by molar-refractivity contribution is 0.0607. The smallest absolute Gasteiger partial charge is 0.253 e. The molecule has 7 nitrogen and oxygen atoms in total. The Morgan fingerprint density at radius 2 is 1.92 bits per heavy atom. The fourth-order valence-electron chi connectivity index (χ4n) is 3.73. The van der Waals surface area contributed by atoms with Gasteiger partial charge in [0.15, 0.2) is 0 Å². The Labute approximate surface area is 155 Å².